The summed E-state index contributed by atoms with van der Waals surface area (Å²) < 4.78 is 2.01. The lowest BCUT2D eigenvalue weighted by molar-refractivity contribution is 0.442. The van der Waals surface area contributed by atoms with E-state index in [-0.39, 0.29) is 0 Å². The Labute approximate surface area is 92.9 Å². The molecule has 3 heteroatoms. The Kier molecular flexibility index (Phi) is 4.82. The molecule has 0 spiro atoms. The van der Waals surface area contributed by atoms with Gasteiger partial charge in [0, 0.05) is 13.2 Å². The van der Waals surface area contributed by atoms with Gasteiger partial charge in [-0.2, -0.15) is 0 Å². The maximum atomic E-state index is 4.41. The molecule has 1 atom stereocenters. The van der Waals surface area contributed by atoms with Crippen molar-refractivity contribution in [3.05, 3.63) is 18.2 Å². The van der Waals surface area contributed by atoms with Gasteiger partial charge in [-0.05, 0) is 25.3 Å². The highest BCUT2D eigenvalue weighted by atomic mass is 15.0. The van der Waals surface area contributed by atoms with Crippen molar-refractivity contribution in [2.75, 3.05) is 6.54 Å². The molecule has 1 aromatic rings. The van der Waals surface area contributed by atoms with E-state index in [0.717, 1.165) is 12.5 Å². The zero-order valence-electron chi connectivity index (χ0n) is 10.3. The Morgan fingerprint density at radius 2 is 2.13 bits per heavy atom. The van der Waals surface area contributed by atoms with Crippen LogP contribution in [-0.2, 0) is 7.05 Å². The molecule has 3 nitrogen and oxygen atoms in total. The van der Waals surface area contributed by atoms with Crippen molar-refractivity contribution in [1.29, 1.82) is 0 Å². The van der Waals surface area contributed by atoms with E-state index in [1.165, 1.54) is 18.5 Å². The van der Waals surface area contributed by atoms with Gasteiger partial charge in [0.25, 0.3) is 0 Å². The second-order valence-electron chi connectivity index (χ2n) is 4.55. The molecular formula is C12H23N3. The predicted molar refractivity (Wildman–Crippen MR) is 63.7 cm³/mol. The molecule has 0 fully saturated rings. The van der Waals surface area contributed by atoms with Crippen molar-refractivity contribution in [2.24, 2.45) is 13.0 Å². The molecule has 0 aliphatic heterocycles. The molecule has 0 radical (unpaired) electrons. The average molecular weight is 209 g/mol. The second kappa shape index (κ2) is 5.91. The summed E-state index contributed by atoms with van der Waals surface area (Å²) in [7, 11) is 2.02. The predicted octanol–water partition coefficient (Wildman–Crippen LogP) is 2.51. The Bertz CT molecular complexity index is 278. The Hall–Kier alpha value is -0.830. The number of nitrogens with zero attached hydrogens (tertiary/aromatic N) is 2. The first-order valence-corrected chi connectivity index (χ1v) is 5.84. The average Bonchev–Trinajstić information content (AvgIpc) is 2.59. The van der Waals surface area contributed by atoms with Crippen LogP contribution >= 0.6 is 0 Å². The zero-order chi connectivity index (χ0) is 11.3. The SMILES string of the molecule is CCNC(CCC(C)C)c1cn(C)cn1. The smallest absolute Gasteiger partial charge is 0.0947 e. The van der Waals surface area contributed by atoms with Gasteiger partial charge in [-0.3, -0.25) is 0 Å². The van der Waals surface area contributed by atoms with E-state index in [2.05, 4.69) is 37.3 Å². The monoisotopic (exact) mass is 209 g/mol. The van der Waals surface area contributed by atoms with E-state index in [1.807, 2.05) is 17.9 Å². The van der Waals surface area contributed by atoms with E-state index >= 15 is 0 Å². The van der Waals surface area contributed by atoms with Crippen LogP contribution in [0, 0.1) is 5.92 Å². The van der Waals surface area contributed by atoms with E-state index in [0.29, 0.717) is 6.04 Å². The summed E-state index contributed by atoms with van der Waals surface area (Å²) in [6, 6.07) is 0.415. The number of hydrogen-bond donors (Lipinski definition) is 1. The van der Waals surface area contributed by atoms with Gasteiger partial charge < -0.3 is 9.88 Å². The van der Waals surface area contributed by atoms with E-state index in [4.69, 9.17) is 0 Å². The molecule has 1 heterocycles. The molecule has 1 aromatic heterocycles. The van der Waals surface area contributed by atoms with Crippen LogP contribution in [-0.4, -0.2) is 16.1 Å². The first-order valence-electron chi connectivity index (χ1n) is 5.84. The lowest BCUT2D eigenvalue weighted by Gasteiger charge is -2.16. The second-order valence-corrected chi connectivity index (χ2v) is 4.55. The molecule has 1 unspecified atom stereocenters. The summed E-state index contributed by atoms with van der Waals surface area (Å²) in [6.45, 7) is 7.67. The minimum atomic E-state index is 0.415. The summed E-state index contributed by atoms with van der Waals surface area (Å²) in [5.41, 5.74) is 1.17. The Morgan fingerprint density at radius 3 is 2.60 bits per heavy atom. The number of imidazole rings is 1. The standard InChI is InChI=1S/C12H23N3/c1-5-13-11(7-6-10(2)3)12-8-15(4)9-14-12/h8-11,13H,5-7H2,1-4H3. The number of aryl methyl sites for hydroxylation is 1. The number of hydrogen-bond acceptors (Lipinski definition) is 2. The molecule has 0 aliphatic carbocycles. The third kappa shape index (κ3) is 4.04. The molecule has 0 aliphatic rings. The van der Waals surface area contributed by atoms with Crippen molar-refractivity contribution >= 4 is 0 Å². The number of rotatable bonds is 6. The normalized spacial score (nSPS) is 13.4. The van der Waals surface area contributed by atoms with Gasteiger partial charge in [-0.15, -0.1) is 0 Å². The van der Waals surface area contributed by atoms with Crippen LogP contribution < -0.4 is 5.32 Å². The fourth-order valence-electron chi connectivity index (χ4n) is 1.71. The maximum absolute atomic E-state index is 4.41. The van der Waals surface area contributed by atoms with Gasteiger partial charge in [0.15, 0.2) is 0 Å². The molecule has 86 valence electrons. The van der Waals surface area contributed by atoms with Crippen LogP contribution in [0.1, 0.15) is 45.3 Å². The summed E-state index contributed by atoms with van der Waals surface area (Å²) >= 11 is 0. The van der Waals surface area contributed by atoms with Crippen LogP contribution in [0.2, 0.25) is 0 Å². The van der Waals surface area contributed by atoms with Crippen LogP contribution in [0.15, 0.2) is 12.5 Å². The third-order valence-corrected chi connectivity index (χ3v) is 2.57. The van der Waals surface area contributed by atoms with Gasteiger partial charge in [0.05, 0.1) is 18.1 Å². The summed E-state index contributed by atoms with van der Waals surface area (Å²) in [5, 5.41) is 3.49. The first kappa shape index (κ1) is 12.2. The fraction of sp³-hybridized carbons (Fsp3) is 0.750. The molecule has 1 N–H and O–H groups in total. The maximum Gasteiger partial charge on any atom is 0.0947 e. The highest BCUT2D eigenvalue weighted by Gasteiger charge is 2.12. The van der Waals surface area contributed by atoms with Crippen LogP contribution in [0.4, 0.5) is 0 Å². The summed E-state index contributed by atoms with van der Waals surface area (Å²) in [6.07, 6.45) is 6.39. The van der Waals surface area contributed by atoms with Crippen LogP contribution in [0.25, 0.3) is 0 Å². The minimum Gasteiger partial charge on any atom is -0.340 e. The van der Waals surface area contributed by atoms with Gasteiger partial charge >= 0.3 is 0 Å². The summed E-state index contributed by atoms with van der Waals surface area (Å²) in [5.74, 6) is 0.759. The number of aromatic nitrogens is 2. The fourth-order valence-corrected chi connectivity index (χ4v) is 1.71. The molecule has 15 heavy (non-hydrogen) atoms. The minimum absolute atomic E-state index is 0.415. The molecule has 1 rings (SSSR count). The van der Waals surface area contributed by atoms with Crippen molar-refractivity contribution in [2.45, 2.75) is 39.7 Å². The Morgan fingerprint density at radius 1 is 1.40 bits per heavy atom. The van der Waals surface area contributed by atoms with Crippen molar-refractivity contribution < 1.29 is 0 Å². The van der Waals surface area contributed by atoms with Crippen LogP contribution in [0.3, 0.4) is 0 Å². The highest BCUT2D eigenvalue weighted by molar-refractivity contribution is 5.03. The highest BCUT2D eigenvalue weighted by Crippen LogP contribution is 2.19. The molecule has 0 saturated carbocycles. The van der Waals surface area contributed by atoms with E-state index in [1.54, 1.807) is 0 Å². The van der Waals surface area contributed by atoms with Gasteiger partial charge in [-0.1, -0.05) is 20.8 Å². The van der Waals surface area contributed by atoms with Crippen molar-refractivity contribution in [3.8, 4) is 0 Å². The van der Waals surface area contributed by atoms with E-state index in [9.17, 15) is 0 Å². The number of nitrogens with one attached hydrogen (secondary N) is 1. The lowest BCUT2D eigenvalue weighted by atomic mass is 10.0. The van der Waals surface area contributed by atoms with E-state index < -0.39 is 0 Å². The first-order chi connectivity index (χ1) is 7.13. The zero-order valence-corrected chi connectivity index (χ0v) is 10.3. The lowest BCUT2D eigenvalue weighted by Crippen LogP contribution is -2.21. The van der Waals surface area contributed by atoms with Gasteiger partial charge in [-0.25, -0.2) is 4.98 Å². The molecular weight excluding hydrogens is 186 g/mol. The van der Waals surface area contributed by atoms with Gasteiger partial charge in [0.1, 0.15) is 0 Å². The van der Waals surface area contributed by atoms with Gasteiger partial charge in [0.2, 0.25) is 0 Å². The molecule has 0 aromatic carbocycles. The van der Waals surface area contributed by atoms with Crippen LogP contribution in [0.5, 0.6) is 0 Å². The van der Waals surface area contributed by atoms with Crippen molar-refractivity contribution in [1.82, 2.24) is 14.9 Å². The molecule has 0 bridgehead atoms. The summed E-state index contributed by atoms with van der Waals surface area (Å²) in [4.78, 5) is 4.41. The molecule has 0 amide bonds. The Balaban J connectivity index is 2.57. The van der Waals surface area contributed by atoms with Crippen molar-refractivity contribution in [3.63, 3.8) is 0 Å². The topological polar surface area (TPSA) is 29.9 Å². The largest absolute Gasteiger partial charge is 0.340 e. The quantitative estimate of drug-likeness (QED) is 0.780. The molecule has 0 saturated heterocycles. The third-order valence-electron chi connectivity index (χ3n) is 2.57.